The number of amides is 1. The molecule has 2 N–H and O–H groups in total. The maximum Gasteiger partial charge on any atom is 0.330 e. The Morgan fingerprint density at radius 1 is 1.21 bits per heavy atom. The number of hydrogen-bond donors (Lipinski definition) is 2. The Morgan fingerprint density at radius 2 is 1.88 bits per heavy atom. The number of carbonyl (C=O) groups is 2. The first-order valence-corrected chi connectivity index (χ1v) is 8.26. The van der Waals surface area contributed by atoms with Gasteiger partial charge in [0.15, 0.2) is 6.04 Å². The number of aliphatic carboxylic acids is 1. The van der Waals surface area contributed by atoms with Gasteiger partial charge in [-0.05, 0) is 36.6 Å². The van der Waals surface area contributed by atoms with Crippen molar-refractivity contribution in [1.82, 2.24) is 15.1 Å². The second kappa shape index (κ2) is 7.05. The number of halogens is 1. The number of carboxylic acids is 1. The number of rotatable bonds is 5. The summed E-state index contributed by atoms with van der Waals surface area (Å²) in [5.41, 5.74) is 0.678. The first-order chi connectivity index (χ1) is 11.5. The molecule has 1 saturated carbocycles. The third-order valence-corrected chi connectivity index (χ3v) is 4.52. The van der Waals surface area contributed by atoms with Crippen LogP contribution in [0.15, 0.2) is 36.5 Å². The van der Waals surface area contributed by atoms with Crippen molar-refractivity contribution < 1.29 is 14.7 Å². The molecular weight excluding hydrogens is 330 g/mol. The SMILES string of the molecule is O=C(NC(C(=O)O)c1ccc(Cl)cc1)c1ccn(C2CCCC2)n1. The largest absolute Gasteiger partial charge is 0.479 e. The molecule has 3 rings (SSSR count). The summed E-state index contributed by atoms with van der Waals surface area (Å²) in [6.45, 7) is 0. The molecule has 1 fully saturated rings. The number of aromatic nitrogens is 2. The fourth-order valence-corrected chi connectivity index (χ4v) is 3.11. The molecule has 1 amide bonds. The van der Waals surface area contributed by atoms with Crippen molar-refractivity contribution in [3.63, 3.8) is 0 Å². The Morgan fingerprint density at radius 3 is 2.50 bits per heavy atom. The summed E-state index contributed by atoms with van der Waals surface area (Å²) in [4.78, 5) is 23.8. The molecule has 0 spiro atoms. The topological polar surface area (TPSA) is 84.2 Å². The predicted octanol–water partition coefficient (Wildman–Crippen LogP) is 3.21. The van der Waals surface area contributed by atoms with Gasteiger partial charge in [-0.25, -0.2) is 4.79 Å². The van der Waals surface area contributed by atoms with Gasteiger partial charge in [-0.15, -0.1) is 0 Å². The van der Waals surface area contributed by atoms with Crippen molar-refractivity contribution in [3.8, 4) is 0 Å². The van der Waals surface area contributed by atoms with E-state index in [0.717, 1.165) is 12.8 Å². The van der Waals surface area contributed by atoms with Gasteiger partial charge in [0, 0.05) is 11.2 Å². The van der Waals surface area contributed by atoms with Crippen molar-refractivity contribution in [2.24, 2.45) is 0 Å². The highest BCUT2D eigenvalue weighted by atomic mass is 35.5. The van der Waals surface area contributed by atoms with E-state index in [9.17, 15) is 14.7 Å². The van der Waals surface area contributed by atoms with Crippen molar-refractivity contribution in [2.75, 3.05) is 0 Å². The minimum atomic E-state index is -1.15. The van der Waals surface area contributed by atoms with E-state index in [-0.39, 0.29) is 5.69 Å². The van der Waals surface area contributed by atoms with E-state index >= 15 is 0 Å². The second-order valence-electron chi connectivity index (χ2n) is 5.92. The lowest BCUT2D eigenvalue weighted by Crippen LogP contribution is -2.34. The average Bonchev–Trinajstić information content (AvgIpc) is 3.24. The van der Waals surface area contributed by atoms with E-state index in [0.29, 0.717) is 16.6 Å². The average molecular weight is 348 g/mol. The number of carbonyl (C=O) groups excluding carboxylic acids is 1. The van der Waals surface area contributed by atoms with Crippen LogP contribution in [0.5, 0.6) is 0 Å². The molecule has 1 heterocycles. The third-order valence-electron chi connectivity index (χ3n) is 4.27. The summed E-state index contributed by atoms with van der Waals surface area (Å²) in [5, 5.41) is 16.7. The number of nitrogens with one attached hydrogen (secondary N) is 1. The summed E-state index contributed by atoms with van der Waals surface area (Å²) in [6, 6.07) is 7.15. The lowest BCUT2D eigenvalue weighted by atomic mass is 10.1. The third kappa shape index (κ3) is 3.59. The Hall–Kier alpha value is -2.34. The molecule has 24 heavy (non-hydrogen) atoms. The van der Waals surface area contributed by atoms with Crippen molar-refractivity contribution in [2.45, 2.75) is 37.8 Å². The highest BCUT2D eigenvalue weighted by Crippen LogP contribution is 2.28. The summed E-state index contributed by atoms with van der Waals surface area (Å²) in [6.07, 6.45) is 6.24. The minimum absolute atomic E-state index is 0.224. The van der Waals surface area contributed by atoms with Gasteiger partial charge in [0.25, 0.3) is 5.91 Å². The van der Waals surface area contributed by atoms with Crippen LogP contribution < -0.4 is 5.32 Å². The van der Waals surface area contributed by atoms with Crippen molar-refractivity contribution in [1.29, 1.82) is 0 Å². The van der Waals surface area contributed by atoms with Crippen LogP contribution in [0, 0.1) is 0 Å². The maximum atomic E-state index is 12.4. The number of benzene rings is 1. The molecule has 0 radical (unpaired) electrons. The highest BCUT2D eigenvalue weighted by Gasteiger charge is 2.25. The molecule has 1 aliphatic rings. The zero-order valence-electron chi connectivity index (χ0n) is 13.0. The van der Waals surface area contributed by atoms with E-state index in [1.807, 2.05) is 0 Å². The zero-order chi connectivity index (χ0) is 17.1. The summed E-state index contributed by atoms with van der Waals surface area (Å²) < 4.78 is 1.81. The molecule has 1 aromatic heterocycles. The molecule has 126 valence electrons. The minimum Gasteiger partial charge on any atom is -0.479 e. The Bertz CT molecular complexity index is 736. The molecule has 1 atom stereocenters. The molecular formula is C17H18ClN3O3. The molecule has 0 bridgehead atoms. The van der Waals surface area contributed by atoms with Crippen molar-refractivity contribution >= 4 is 23.5 Å². The van der Waals surface area contributed by atoms with Crippen LogP contribution in [0.3, 0.4) is 0 Å². The van der Waals surface area contributed by atoms with Crippen LogP contribution >= 0.6 is 11.6 Å². The monoisotopic (exact) mass is 347 g/mol. The highest BCUT2D eigenvalue weighted by molar-refractivity contribution is 6.30. The molecule has 0 saturated heterocycles. The fraction of sp³-hybridized carbons (Fsp3) is 0.353. The summed E-state index contributed by atoms with van der Waals surface area (Å²) in [7, 11) is 0. The summed E-state index contributed by atoms with van der Waals surface area (Å²) >= 11 is 5.81. The van der Waals surface area contributed by atoms with Gasteiger partial charge in [-0.3, -0.25) is 9.48 Å². The lowest BCUT2D eigenvalue weighted by Gasteiger charge is -2.14. The molecule has 2 aromatic rings. The van der Waals surface area contributed by atoms with Crippen LogP contribution in [0.1, 0.15) is 53.8 Å². The fourth-order valence-electron chi connectivity index (χ4n) is 2.98. The van der Waals surface area contributed by atoms with Gasteiger partial charge in [-0.1, -0.05) is 36.6 Å². The number of carboxylic acid groups (broad SMARTS) is 1. The first-order valence-electron chi connectivity index (χ1n) is 7.89. The predicted molar refractivity (Wildman–Crippen MR) is 89.0 cm³/mol. The smallest absolute Gasteiger partial charge is 0.330 e. The molecule has 6 nitrogen and oxygen atoms in total. The van der Waals surface area contributed by atoms with Crippen LogP contribution in [0.25, 0.3) is 0 Å². The maximum absolute atomic E-state index is 12.4. The Kier molecular flexibility index (Phi) is 4.85. The second-order valence-corrected chi connectivity index (χ2v) is 6.35. The van der Waals surface area contributed by atoms with Gasteiger partial charge in [0.2, 0.25) is 0 Å². The van der Waals surface area contributed by atoms with E-state index in [1.165, 1.54) is 12.8 Å². The normalized spacial score (nSPS) is 16.0. The van der Waals surface area contributed by atoms with E-state index in [1.54, 1.807) is 41.2 Å². The van der Waals surface area contributed by atoms with Crippen molar-refractivity contribution in [3.05, 3.63) is 52.8 Å². The molecule has 7 heteroatoms. The van der Waals surface area contributed by atoms with Crippen LogP contribution in [0.4, 0.5) is 0 Å². The number of nitrogens with zero attached hydrogens (tertiary/aromatic N) is 2. The van der Waals surface area contributed by atoms with Crippen LogP contribution in [-0.2, 0) is 4.79 Å². The van der Waals surface area contributed by atoms with Crippen LogP contribution in [-0.4, -0.2) is 26.8 Å². The van der Waals surface area contributed by atoms with Gasteiger partial charge in [0.05, 0.1) is 6.04 Å². The van der Waals surface area contributed by atoms with E-state index in [4.69, 9.17) is 11.6 Å². The number of hydrogen-bond acceptors (Lipinski definition) is 3. The molecule has 1 aromatic carbocycles. The molecule has 1 unspecified atom stereocenters. The summed E-state index contributed by atoms with van der Waals surface area (Å²) in [5.74, 6) is -1.64. The van der Waals surface area contributed by atoms with Gasteiger partial charge >= 0.3 is 5.97 Å². The standard InChI is InChI=1S/C17H18ClN3O3/c18-12-7-5-11(6-8-12)15(17(23)24)19-16(22)14-9-10-21(20-14)13-3-1-2-4-13/h5-10,13,15H,1-4H2,(H,19,22)(H,23,24). The quantitative estimate of drug-likeness (QED) is 0.869. The Balaban J connectivity index is 1.74. The van der Waals surface area contributed by atoms with Gasteiger partial charge < -0.3 is 10.4 Å². The van der Waals surface area contributed by atoms with Gasteiger partial charge in [0.1, 0.15) is 5.69 Å². The van der Waals surface area contributed by atoms with E-state index in [2.05, 4.69) is 10.4 Å². The van der Waals surface area contributed by atoms with Crippen LogP contribution in [0.2, 0.25) is 5.02 Å². The van der Waals surface area contributed by atoms with Gasteiger partial charge in [-0.2, -0.15) is 5.10 Å². The molecule has 1 aliphatic carbocycles. The first kappa shape index (κ1) is 16.5. The lowest BCUT2D eigenvalue weighted by molar-refractivity contribution is -0.139. The van der Waals surface area contributed by atoms with E-state index < -0.39 is 17.9 Å². The molecule has 0 aliphatic heterocycles. The zero-order valence-corrected chi connectivity index (χ0v) is 13.7. The Labute approximate surface area is 144 Å².